The number of sulfonamides is 1. The lowest BCUT2D eigenvalue weighted by atomic mass is 10.1. The summed E-state index contributed by atoms with van der Waals surface area (Å²) in [6.45, 7) is 3.13. The van der Waals surface area contributed by atoms with Gasteiger partial charge in [0, 0.05) is 22.6 Å². The highest BCUT2D eigenvalue weighted by atomic mass is 35.5. The van der Waals surface area contributed by atoms with Crippen LogP contribution in [-0.2, 0) is 26.2 Å². The lowest BCUT2D eigenvalue weighted by Crippen LogP contribution is -2.53. The maximum atomic E-state index is 13.9. The standard InChI is InChI=1S/C27H35Cl2N3O5S/c1-5-23(27(34)30-21-8-6-7-9-21)31(16-19-11-12-20(28)15-22(19)29)26(33)17-32(38(4,35)36)24-14-18(2)10-13-25(24)37-3/h10-15,21,23H,5-9,16-17H2,1-4H3,(H,30,34)/t23-/m1/s1. The maximum Gasteiger partial charge on any atom is 0.244 e. The van der Waals surface area contributed by atoms with Gasteiger partial charge < -0.3 is 15.0 Å². The summed E-state index contributed by atoms with van der Waals surface area (Å²) in [5, 5.41) is 3.87. The van der Waals surface area contributed by atoms with Crippen molar-refractivity contribution in [2.24, 2.45) is 0 Å². The molecule has 1 atom stereocenters. The first kappa shape index (κ1) is 30.1. The molecule has 0 aromatic heterocycles. The smallest absolute Gasteiger partial charge is 0.244 e. The summed E-state index contributed by atoms with van der Waals surface area (Å²) >= 11 is 12.5. The van der Waals surface area contributed by atoms with Crippen LogP contribution in [0.1, 0.15) is 50.2 Å². The Balaban J connectivity index is 2.00. The van der Waals surface area contributed by atoms with Crippen LogP contribution in [0.25, 0.3) is 0 Å². The first-order chi connectivity index (χ1) is 17.9. The van der Waals surface area contributed by atoms with Gasteiger partial charge in [-0.1, -0.05) is 55.1 Å². The van der Waals surface area contributed by atoms with Gasteiger partial charge in [-0.3, -0.25) is 13.9 Å². The minimum absolute atomic E-state index is 0.00792. The topological polar surface area (TPSA) is 96.0 Å². The number of aryl methyl sites for hydroxylation is 1. The normalized spacial score (nSPS) is 14.7. The van der Waals surface area contributed by atoms with Gasteiger partial charge in [0.25, 0.3) is 0 Å². The van der Waals surface area contributed by atoms with E-state index in [1.54, 1.807) is 36.4 Å². The average molecular weight is 585 g/mol. The number of carbonyl (C=O) groups excluding carboxylic acids is 2. The number of ether oxygens (including phenoxy) is 1. The molecule has 8 nitrogen and oxygen atoms in total. The van der Waals surface area contributed by atoms with E-state index in [1.165, 1.54) is 12.0 Å². The van der Waals surface area contributed by atoms with Crippen molar-refractivity contribution in [1.82, 2.24) is 10.2 Å². The molecule has 0 heterocycles. The zero-order valence-electron chi connectivity index (χ0n) is 22.2. The SMILES string of the molecule is CC[C@H](C(=O)NC1CCCC1)N(Cc1ccc(Cl)cc1Cl)C(=O)CN(c1cc(C)ccc1OC)S(C)(=O)=O. The summed E-state index contributed by atoms with van der Waals surface area (Å²) in [7, 11) is -2.46. The molecule has 1 fully saturated rings. The van der Waals surface area contributed by atoms with Gasteiger partial charge in [-0.05, 0) is 61.6 Å². The monoisotopic (exact) mass is 583 g/mol. The number of hydrogen-bond donors (Lipinski definition) is 1. The van der Waals surface area contributed by atoms with Gasteiger partial charge in [-0.2, -0.15) is 0 Å². The van der Waals surface area contributed by atoms with Crippen LogP contribution in [0.4, 0.5) is 5.69 Å². The number of nitrogens with one attached hydrogen (secondary N) is 1. The predicted molar refractivity (Wildman–Crippen MR) is 151 cm³/mol. The minimum Gasteiger partial charge on any atom is -0.495 e. The van der Waals surface area contributed by atoms with E-state index in [9.17, 15) is 18.0 Å². The van der Waals surface area contributed by atoms with Crippen LogP contribution < -0.4 is 14.4 Å². The molecular weight excluding hydrogens is 549 g/mol. The molecule has 2 amide bonds. The highest BCUT2D eigenvalue weighted by molar-refractivity contribution is 7.92. The summed E-state index contributed by atoms with van der Waals surface area (Å²) in [5.41, 5.74) is 1.64. The van der Waals surface area contributed by atoms with Crippen molar-refractivity contribution in [2.75, 3.05) is 24.2 Å². The zero-order valence-corrected chi connectivity index (χ0v) is 24.5. The molecule has 1 aliphatic carbocycles. The van der Waals surface area contributed by atoms with Crippen molar-refractivity contribution in [3.8, 4) is 5.75 Å². The van der Waals surface area contributed by atoms with Gasteiger partial charge in [-0.15, -0.1) is 0 Å². The predicted octanol–water partition coefficient (Wildman–Crippen LogP) is 4.94. The highest BCUT2D eigenvalue weighted by Crippen LogP contribution is 2.32. The molecule has 2 aromatic carbocycles. The Kier molecular flexibility index (Phi) is 10.3. The van der Waals surface area contributed by atoms with Gasteiger partial charge in [0.05, 0.1) is 19.1 Å². The number of halogens is 2. The van der Waals surface area contributed by atoms with Crippen molar-refractivity contribution in [3.63, 3.8) is 0 Å². The largest absolute Gasteiger partial charge is 0.495 e. The third-order valence-corrected chi connectivity index (χ3v) is 8.44. The lowest BCUT2D eigenvalue weighted by Gasteiger charge is -2.34. The van der Waals surface area contributed by atoms with E-state index < -0.39 is 28.5 Å². The van der Waals surface area contributed by atoms with Crippen LogP contribution in [-0.4, -0.2) is 57.1 Å². The van der Waals surface area contributed by atoms with E-state index in [-0.39, 0.29) is 24.2 Å². The summed E-state index contributed by atoms with van der Waals surface area (Å²) in [6, 6.07) is 9.27. The lowest BCUT2D eigenvalue weighted by molar-refractivity contribution is -0.140. The molecule has 1 aliphatic rings. The maximum absolute atomic E-state index is 13.9. The molecular formula is C27H35Cl2N3O5S. The van der Waals surface area contributed by atoms with E-state index in [0.717, 1.165) is 41.8 Å². The van der Waals surface area contributed by atoms with Crippen molar-refractivity contribution in [1.29, 1.82) is 0 Å². The number of benzene rings is 2. The molecule has 0 saturated heterocycles. The fraction of sp³-hybridized carbons (Fsp3) is 0.481. The summed E-state index contributed by atoms with van der Waals surface area (Å²) in [5.74, 6) is -0.498. The van der Waals surface area contributed by atoms with Gasteiger partial charge in [0.1, 0.15) is 18.3 Å². The molecule has 3 rings (SSSR count). The van der Waals surface area contributed by atoms with Crippen molar-refractivity contribution in [2.45, 2.75) is 64.6 Å². The molecule has 2 aromatic rings. The second kappa shape index (κ2) is 13.0. The second-order valence-electron chi connectivity index (χ2n) is 9.62. The molecule has 0 radical (unpaired) electrons. The van der Waals surface area contributed by atoms with Crippen LogP contribution in [0, 0.1) is 6.92 Å². The number of nitrogens with zero attached hydrogens (tertiary/aromatic N) is 2. The molecule has 0 aliphatic heterocycles. The molecule has 1 saturated carbocycles. The zero-order chi connectivity index (χ0) is 28.0. The summed E-state index contributed by atoms with van der Waals surface area (Å²) in [6.07, 6.45) is 5.26. The number of hydrogen-bond acceptors (Lipinski definition) is 5. The van der Waals surface area contributed by atoms with Crippen LogP contribution >= 0.6 is 23.2 Å². The van der Waals surface area contributed by atoms with E-state index in [0.29, 0.717) is 27.8 Å². The van der Waals surface area contributed by atoms with E-state index >= 15 is 0 Å². The second-order valence-corrected chi connectivity index (χ2v) is 12.4. The molecule has 0 spiro atoms. The van der Waals surface area contributed by atoms with Crippen LogP contribution in [0.3, 0.4) is 0 Å². The molecule has 0 unspecified atom stereocenters. The molecule has 208 valence electrons. The Morgan fingerprint density at radius 1 is 1.13 bits per heavy atom. The van der Waals surface area contributed by atoms with Gasteiger partial charge in [0.15, 0.2) is 0 Å². The third-order valence-electron chi connectivity index (χ3n) is 6.73. The Hall–Kier alpha value is -2.49. The third kappa shape index (κ3) is 7.55. The van der Waals surface area contributed by atoms with Gasteiger partial charge >= 0.3 is 0 Å². The first-order valence-electron chi connectivity index (χ1n) is 12.6. The minimum atomic E-state index is -3.89. The Morgan fingerprint density at radius 3 is 2.39 bits per heavy atom. The Morgan fingerprint density at radius 2 is 1.82 bits per heavy atom. The number of anilines is 1. The highest BCUT2D eigenvalue weighted by Gasteiger charge is 2.34. The van der Waals surface area contributed by atoms with Crippen LogP contribution in [0.5, 0.6) is 5.75 Å². The molecule has 0 bridgehead atoms. The van der Waals surface area contributed by atoms with Gasteiger partial charge in [0.2, 0.25) is 21.8 Å². The fourth-order valence-corrected chi connectivity index (χ4v) is 6.02. The van der Waals surface area contributed by atoms with Crippen molar-refractivity contribution >= 4 is 50.7 Å². The summed E-state index contributed by atoms with van der Waals surface area (Å²) in [4.78, 5) is 28.7. The molecule has 38 heavy (non-hydrogen) atoms. The van der Waals surface area contributed by atoms with Crippen LogP contribution in [0.15, 0.2) is 36.4 Å². The van der Waals surface area contributed by atoms with E-state index in [2.05, 4.69) is 5.32 Å². The number of methoxy groups -OCH3 is 1. The Labute approximate surface area is 235 Å². The Bertz CT molecular complexity index is 1270. The average Bonchev–Trinajstić information content (AvgIpc) is 3.35. The number of carbonyl (C=O) groups is 2. The first-order valence-corrected chi connectivity index (χ1v) is 15.2. The van der Waals surface area contributed by atoms with Crippen molar-refractivity contribution in [3.05, 3.63) is 57.6 Å². The van der Waals surface area contributed by atoms with Crippen molar-refractivity contribution < 1.29 is 22.7 Å². The van der Waals surface area contributed by atoms with Gasteiger partial charge in [-0.25, -0.2) is 8.42 Å². The van der Waals surface area contributed by atoms with E-state index in [1.807, 2.05) is 13.8 Å². The number of amides is 2. The van der Waals surface area contributed by atoms with E-state index in [4.69, 9.17) is 27.9 Å². The molecule has 1 N–H and O–H groups in total. The quantitative estimate of drug-likeness (QED) is 0.404. The molecule has 11 heteroatoms. The number of rotatable bonds is 11. The fourth-order valence-electron chi connectivity index (χ4n) is 4.71. The summed E-state index contributed by atoms with van der Waals surface area (Å²) < 4.78 is 32.2. The van der Waals surface area contributed by atoms with Crippen LogP contribution in [0.2, 0.25) is 10.0 Å².